The highest BCUT2D eigenvalue weighted by molar-refractivity contribution is 5.90. The maximum Gasteiger partial charge on any atom is 0.362 e. The number of esters is 1. The fourth-order valence-corrected chi connectivity index (χ4v) is 2.37. The molecule has 1 aromatic carbocycles. The molecule has 116 valence electrons. The molecule has 1 aliphatic heterocycles. The first-order valence-electron chi connectivity index (χ1n) is 7.25. The predicted octanol–water partition coefficient (Wildman–Crippen LogP) is 2.22. The summed E-state index contributed by atoms with van der Waals surface area (Å²) in [5.74, 6) is -0.108. The Morgan fingerprint density at radius 3 is 2.91 bits per heavy atom. The summed E-state index contributed by atoms with van der Waals surface area (Å²) in [4.78, 5) is 12.2. The molecule has 6 nitrogen and oxygen atoms in total. The van der Waals surface area contributed by atoms with Gasteiger partial charge in [-0.3, -0.25) is 0 Å². The molecule has 0 bridgehead atoms. The van der Waals surface area contributed by atoms with Crippen LogP contribution in [0.2, 0.25) is 0 Å². The molecule has 0 spiro atoms. The van der Waals surface area contributed by atoms with Crippen LogP contribution >= 0.6 is 0 Å². The second-order valence-corrected chi connectivity index (χ2v) is 5.06. The van der Waals surface area contributed by atoms with E-state index in [4.69, 9.17) is 14.2 Å². The number of methoxy groups -OCH3 is 1. The van der Waals surface area contributed by atoms with Gasteiger partial charge in [0.05, 0.1) is 25.1 Å². The fourth-order valence-electron chi connectivity index (χ4n) is 2.37. The van der Waals surface area contributed by atoms with Gasteiger partial charge in [-0.05, 0) is 25.0 Å². The average Bonchev–Trinajstić information content (AvgIpc) is 3.22. The first-order valence-corrected chi connectivity index (χ1v) is 7.25. The van der Waals surface area contributed by atoms with Gasteiger partial charge in [0.15, 0.2) is 5.75 Å². The highest BCUT2D eigenvalue weighted by Gasteiger charge is 2.23. The van der Waals surface area contributed by atoms with Gasteiger partial charge in [-0.1, -0.05) is 18.2 Å². The van der Waals surface area contributed by atoms with E-state index in [0.29, 0.717) is 5.75 Å². The summed E-state index contributed by atoms with van der Waals surface area (Å²) in [6.45, 7) is 0.981. The average molecular weight is 302 g/mol. The van der Waals surface area contributed by atoms with Gasteiger partial charge in [0.1, 0.15) is 6.61 Å². The lowest BCUT2D eigenvalue weighted by molar-refractivity contribution is 0.0153. The van der Waals surface area contributed by atoms with Gasteiger partial charge in [0.25, 0.3) is 0 Å². The Morgan fingerprint density at radius 1 is 1.41 bits per heavy atom. The van der Waals surface area contributed by atoms with Gasteiger partial charge >= 0.3 is 5.97 Å². The monoisotopic (exact) mass is 302 g/mol. The van der Waals surface area contributed by atoms with Crippen LogP contribution in [-0.4, -0.2) is 42.2 Å². The van der Waals surface area contributed by atoms with Crippen molar-refractivity contribution in [2.24, 2.45) is 0 Å². The number of carbonyl (C=O) groups excluding carboxylic acids is 1. The lowest BCUT2D eigenvalue weighted by atomic mass is 10.2. The number of benzene rings is 1. The third-order valence-corrected chi connectivity index (χ3v) is 3.54. The number of para-hydroxylation sites is 1. The predicted molar refractivity (Wildman–Crippen MR) is 79.4 cm³/mol. The van der Waals surface area contributed by atoms with E-state index in [2.05, 4.69) is 5.10 Å². The normalized spacial score (nSPS) is 17.4. The molecule has 2 aromatic rings. The standard InChI is InChI=1S/C16H18N2O4/c1-20-14-10-18(12-6-3-2-4-7-12)17-15(14)16(19)22-11-13-8-5-9-21-13/h2-4,6-7,10,13H,5,8-9,11H2,1H3/t13-/m0/s1. The Balaban J connectivity index is 1.74. The summed E-state index contributed by atoms with van der Waals surface area (Å²) in [6.07, 6.45) is 3.58. The van der Waals surface area contributed by atoms with Gasteiger partial charge in [0.2, 0.25) is 5.69 Å². The first-order chi connectivity index (χ1) is 10.8. The van der Waals surface area contributed by atoms with Crippen LogP contribution in [-0.2, 0) is 9.47 Å². The third-order valence-electron chi connectivity index (χ3n) is 3.54. The van der Waals surface area contributed by atoms with Gasteiger partial charge in [-0.15, -0.1) is 0 Å². The second-order valence-electron chi connectivity index (χ2n) is 5.06. The molecule has 2 heterocycles. The van der Waals surface area contributed by atoms with Crippen LogP contribution in [0.5, 0.6) is 5.75 Å². The maximum absolute atomic E-state index is 12.2. The lowest BCUT2D eigenvalue weighted by Gasteiger charge is -2.09. The van der Waals surface area contributed by atoms with Crippen LogP contribution < -0.4 is 4.74 Å². The van der Waals surface area contributed by atoms with E-state index >= 15 is 0 Å². The minimum atomic E-state index is -0.498. The molecular formula is C16H18N2O4. The van der Waals surface area contributed by atoms with E-state index in [1.807, 2.05) is 30.3 Å². The molecule has 1 atom stereocenters. The Kier molecular flexibility index (Phi) is 4.39. The minimum Gasteiger partial charge on any atom is -0.493 e. The Hall–Kier alpha value is -2.34. The van der Waals surface area contributed by atoms with Crippen molar-refractivity contribution < 1.29 is 19.0 Å². The van der Waals surface area contributed by atoms with Crippen LogP contribution in [0.1, 0.15) is 23.3 Å². The molecular weight excluding hydrogens is 284 g/mol. The van der Waals surface area contributed by atoms with Crippen LogP contribution in [0.3, 0.4) is 0 Å². The molecule has 3 rings (SSSR count). The van der Waals surface area contributed by atoms with Crippen LogP contribution in [0, 0.1) is 0 Å². The highest BCUT2D eigenvalue weighted by atomic mass is 16.6. The molecule has 1 aromatic heterocycles. The number of nitrogens with zero attached hydrogens (tertiary/aromatic N) is 2. The topological polar surface area (TPSA) is 62.6 Å². The first kappa shape index (κ1) is 14.6. The number of ether oxygens (including phenoxy) is 3. The molecule has 22 heavy (non-hydrogen) atoms. The van der Waals surface area contributed by atoms with Crippen molar-refractivity contribution >= 4 is 5.97 Å². The quantitative estimate of drug-likeness (QED) is 0.792. The van der Waals surface area contributed by atoms with Crippen molar-refractivity contribution in [3.8, 4) is 11.4 Å². The molecule has 0 N–H and O–H groups in total. The Morgan fingerprint density at radius 2 is 2.23 bits per heavy atom. The molecule has 0 aliphatic carbocycles. The maximum atomic E-state index is 12.2. The van der Waals surface area contributed by atoms with Crippen molar-refractivity contribution in [2.75, 3.05) is 20.3 Å². The van der Waals surface area contributed by atoms with Gasteiger partial charge in [-0.2, -0.15) is 5.10 Å². The second kappa shape index (κ2) is 6.62. The van der Waals surface area contributed by atoms with Crippen molar-refractivity contribution in [2.45, 2.75) is 18.9 Å². The lowest BCUT2D eigenvalue weighted by Crippen LogP contribution is -2.18. The summed E-state index contributed by atoms with van der Waals surface area (Å²) in [5.41, 5.74) is 1.02. The van der Waals surface area contributed by atoms with Crippen molar-refractivity contribution in [3.63, 3.8) is 0 Å². The zero-order valence-corrected chi connectivity index (χ0v) is 12.4. The summed E-state index contributed by atoms with van der Waals surface area (Å²) < 4.78 is 17.5. The largest absolute Gasteiger partial charge is 0.493 e. The SMILES string of the molecule is COc1cn(-c2ccccc2)nc1C(=O)OC[C@@H]1CCCO1. The summed E-state index contributed by atoms with van der Waals surface area (Å²) in [6, 6.07) is 9.51. The van der Waals surface area contributed by atoms with Crippen molar-refractivity contribution in [3.05, 3.63) is 42.2 Å². The molecule has 0 unspecified atom stereocenters. The van der Waals surface area contributed by atoms with Gasteiger partial charge < -0.3 is 14.2 Å². The fraction of sp³-hybridized carbons (Fsp3) is 0.375. The van der Waals surface area contributed by atoms with E-state index in [-0.39, 0.29) is 18.4 Å². The highest BCUT2D eigenvalue weighted by Crippen LogP contribution is 2.21. The number of aromatic nitrogens is 2. The number of rotatable bonds is 5. The van der Waals surface area contributed by atoms with E-state index in [9.17, 15) is 4.79 Å². The molecule has 1 aliphatic rings. The molecule has 0 amide bonds. The van der Waals surface area contributed by atoms with Crippen LogP contribution in [0.25, 0.3) is 5.69 Å². The summed E-state index contributed by atoms with van der Waals surface area (Å²) in [5, 5.41) is 4.27. The number of hydrogen-bond acceptors (Lipinski definition) is 5. The smallest absolute Gasteiger partial charge is 0.362 e. The zero-order chi connectivity index (χ0) is 15.4. The molecule has 0 saturated carbocycles. The van der Waals surface area contributed by atoms with E-state index in [0.717, 1.165) is 25.1 Å². The zero-order valence-electron chi connectivity index (χ0n) is 12.4. The van der Waals surface area contributed by atoms with Crippen molar-refractivity contribution in [1.29, 1.82) is 0 Å². The molecule has 1 fully saturated rings. The summed E-state index contributed by atoms with van der Waals surface area (Å²) >= 11 is 0. The van der Waals surface area contributed by atoms with Crippen LogP contribution in [0.15, 0.2) is 36.5 Å². The van der Waals surface area contributed by atoms with Gasteiger partial charge in [-0.25, -0.2) is 9.48 Å². The Labute approximate surface area is 128 Å². The Bertz CT molecular complexity index is 633. The number of hydrogen-bond donors (Lipinski definition) is 0. The molecule has 6 heteroatoms. The van der Waals surface area contributed by atoms with E-state index in [1.54, 1.807) is 10.9 Å². The summed E-state index contributed by atoms with van der Waals surface area (Å²) in [7, 11) is 1.50. The third kappa shape index (κ3) is 3.12. The van der Waals surface area contributed by atoms with E-state index in [1.165, 1.54) is 7.11 Å². The van der Waals surface area contributed by atoms with Crippen LogP contribution in [0.4, 0.5) is 0 Å². The van der Waals surface area contributed by atoms with Gasteiger partial charge in [0, 0.05) is 6.61 Å². The molecule has 1 saturated heterocycles. The number of carbonyl (C=O) groups is 1. The van der Waals surface area contributed by atoms with Crippen molar-refractivity contribution in [1.82, 2.24) is 9.78 Å². The minimum absolute atomic E-state index is 0.00819. The molecule has 0 radical (unpaired) electrons. The van der Waals surface area contributed by atoms with E-state index < -0.39 is 5.97 Å².